The second-order valence-electron chi connectivity index (χ2n) is 2.98. The molecule has 3 nitrogen and oxygen atoms in total. The molecule has 1 rings (SSSR count). The highest BCUT2D eigenvalue weighted by molar-refractivity contribution is 9.10. The van der Waals surface area contributed by atoms with Crippen LogP contribution in [0.5, 0.6) is 0 Å². The average Bonchev–Trinajstić information content (AvgIpc) is 2.14. The van der Waals surface area contributed by atoms with Crippen LogP contribution in [-0.4, -0.2) is 11.5 Å². The summed E-state index contributed by atoms with van der Waals surface area (Å²) in [7, 11) is 0. The Morgan fingerprint density at radius 1 is 1.62 bits per heavy atom. The van der Waals surface area contributed by atoms with Gasteiger partial charge in [0.05, 0.1) is 6.54 Å². The molecule has 0 aliphatic rings. The summed E-state index contributed by atoms with van der Waals surface area (Å²) in [5, 5.41) is 2.84. The first-order valence-corrected chi connectivity index (χ1v) is 4.93. The Morgan fingerprint density at radius 2 is 2.38 bits per heavy atom. The van der Waals surface area contributed by atoms with E-state index < -0.39 is 0 Å². The Labute approximate surface area is 85.7 Å². The van der Waals surface area contributed by atoms with Crippen molar-refractivity contribution in [2.75, 3.05) is 6.54 Å². The minimum atomic E-state index is 0.336. The highest BCUT2D eigenvalue weighted by Gasteiger charge is 2.05. The highest BCUT2D eigenvalue weighted by atomic mass is 79.9. The maximum atomic E-state index is 9.93. The van der Waals surface area contributed by atoms with E-state index in [-0.39, 0.29) is 0 Å². The molecule has 0 amide bonds. The van der Waals surface area contributed by atoms with Crippen LogP contribution in [0.1, 0.15) is 24.8 Å². The Bertz CT molecular complexity index is 291. The van der Waals surface area contributed by atoms with Crippen LogP contribution in [0, 0.1) is 4.91 Å². The van der Waals surface area contributed by atoms with E-state index in [1.807, 2.05) is 12.3 Å². The fourth-order valence-electron chi connectivity index (χ4n) is 1.11. The number of nitrogens with zero attached hydrogens (tertiary/aromatic N) is 2. The van der Waals surface area contributed by atoms with E-state index in [1.165, 1.54) is 0 Å². The van der Waals surface area contributed by atoms with Gasteiger partial charge in [0.2, 0.25) is 0 Å². The first-order valence-electron chi connectivity index (χ1n) is 4.13. The summed E-state index contributed by atoms with van der Waals surface area (Å²) in [5.41, 5.74) is 1.14. The zero-order valence-electron chi connectivity index (χ0n) is 7.40. The van der Waals surface area contributed by atoms with Gasteiger partial charge in [-0.25, -0.2) is 0 Å². The number of nitroso groups, excluding NO2 is 1. The minimum absolute atomic E-state index is 0.336. The Morgan fingerprint density at radius 3 is 3.00 bits per heavy atom. The second-order valence-corrected chi connectivity index (χ2v) is 3.89. The lowest BCUT2D eigenvalue weighted by Crippen LogP contribution is -1.96. The van der Waals surface area contributed by atoms with Crippen molar-refractivity contribution >= 4 is 15.9 Å². The van der Waals surface area contributed by atoms with Gasteiger partial charge >= 0.3 is 0 Å². The van der Waals surface area contributed by atoms with E-state index in [0.717, 1.165) is 16.5 Å². The Kier molecular flexibility index (Phi) is 4.02. The van der Waals surface area contributed by atoms with Gasteiger partial charge in [0.25, 0.3) is 0 Å². The molecule has 0 aliphatic carbocycles. The van der Waals surface area contributed by atoms with Gasteiger partial charge in [0, 0.05) is 16.9 Å². The molecule has 1 heterocycles. The molecule has 0 spiro atoms. The van der Waals surface area contributed by atoms with Crippen molar-refractivity contribution in [3.8, 4) is 0 Å². The van der Waals surface area contributed by atoms with Crippen molar-refractivity contribution in [1.29, 1.82) is 0 Å². The molecule has 0 saturated carbocycles. The normalized spacial score (nSPS) is 12.5. The maximum absolute atomic E-state index is 9.93. The smallest absolute Gasteiger partial charge is 0.0816 e. The van der Waals surface area contributed by atoms with E-state index in [2.05, 4.69) is 33.0 Å². The monoisotopic (exact) mass is 242 g/mol. The summed E-state index contributed by atoms with van der Waals surface area (Å²) in [6.07, 6.45) is 4.34. The topological polar surface area (TPSA) is 42.3 Å². The Balaban J connectivity index is 2.65. The molecule has 0 aliphatic heterocycles. The molecule has 70 valence electrons. The van der Waals surface area contributed by atoms with Gasteiger partial charge < -0.3 is 0 Å². The van der Waals surface area contributed by atoms with Gasteiger partial charge in [-0.15, -0.1) is 0 Å². The fraction of sp³-hybridized carbons (Fsp3) is 0.444. The molecule has 1 unspecified atom stereocenters. The standard InChI is InChI=1S/C9H11BrN2O/c1-7(2-3-12-13)8-4-9(10)6-11-5-8/h4-7H,2-3H2,1H3. The molecular weight excluding hydrogens is 232 g/mol. The summed E-state index contributed by atoms with van der Waals surface area (Å²) in [5.74, 6) is 0.336. The lowest BCUT2D eigenvalue weighted by Gasteiger charge is -2.08. The number of hydrogen-bond donors (Lipinski definition) is 0. The maximum Gasteiger partial charge on any atom is 0.0816 e. The third-order valence-corrected chi connectivity index (χ3v) is 2.38. The van der Waals surface area contributed by atoms with E-state index in [4.69, 9.17) is 0 Å². The molecule has 0 bridgehead atoms. The van der Waals surface area contributed by atoms with E-state index in [1.54, 1.807) is 6.20 Å². The molecule has 0 saturated heterocycles. The van der Waals surface area contributed by atoms with Gasteiger partial charge in [-0.2, -0.15) is 4.91 Å². The third-order valence-electron chi connectivity index (χ3n) is 1.95. The quantitative estimate of drug-likeness (QED) is 0.762. The SMILES string of the molecule is CC(CCN=O)c1cncc(Br)c1. The predicted octanol–water partition coefficient (Wildman–Crippen LogP) is 3.10. The molecule has 13 heavy (non-hydrogen) atoms. The van der Waals surface area contributed by atoms with Crippen LogP contribution in [0.3, 0.4) is 0 Å². The van der Waals surface area contributed by atoms with E-state index in [9.17, 15) is 4.91 Å². The molecule has 1 aromatic rings. The van der Waals surface area contributed by atoms with Crippen molar-refractivity contribution in [3.05, 3.63) is 33.4 Å². The number of aromatic nitrogens is 1. The first kappa shape index (κ1) is 10.3. The number of pyridine rings is 1. The van der Waals surface area contributed by atoms with Crippen molar-refractivity contribution < 1.29 is 0 Å². The summed E-state index contributed by atoms with van der Waals surface area (Å²) in [4.78, 5) is 14.0. The zero-order chi connectivity index (χ0) is 9.68. The molecule has 0 N–H and O–H groups in total. The van der Waals surface area contributed by atoms with Gasteiger partial charge in [0.15, 0.2) is 0 Å². The van der Waals surface area contributed by atoms with Crippen LogP contribution in [-0.2, 0) is 0 Å². The molecule has 0 aromatic carbocycles. The van der Waals surface area contributed by atoms with Crippen molar-refractivity contribution in [1.82, 2.24) is 4.98 Å². The zero-order valence-corrected chi connectivity index (χ0v) is 8.99. The van der Waals surface area contributed by atoms with Crippen molar-refractivity contribution in [2.24, 2.45) is 5.18 Å². The summed E-state index contributed by atoms with van der Waals surface area (Å²) in [6, 6.07) is 2.02. The molecule has 0 radical (unpaired) electrons. The van der Waals surface area contributed by atoms with Gasteiger partial charge in [-0.05, 0) is 39.9 Å². The van der Waals surface area contributed by atoms with Gasteiger partial charge in [-0.1, -0.05) is 12.1 Å². The lowest BCUT2D eigenvalue weighted by atomic mass is 10.00. The Hall–Kier alpha value is -0.770. The van der Waals surface area contributed by atoms with Crippen LogP contribution < -0.4 is 0 Å². The molecule has 1 atom stereocenters. The van der Waals surface area contributed by atoms with E-state index >= 15 is 0 Å². The lowest BCUT2D eigenvalue weighted by molar-refractivity contribution is 0.686. The minimum Gasteiger partial charge on any atom is -0.263 e. The molecule has 0 fully saturated rings. The number of rotatable bonds is 4. The van der Waals surface area contributed by atoms with Gasteiger partial charge in [-0.3, -0.25) is 4.98 Å². The van der Waals surface area contributed by atoms with Crippen molar-refractivity contribution in [3.63, 3.8) is 0 Å². The van der Waals surface area contributed by atoms with Crippen LogP contribution in [0.25, 0.3) is 0 Å². The van der Waals surface area contributed by atoms with Crippen LogP contribution >= 0.6 is 15.9 Å². The number of halogens is 1. The summed E-state index contributed by atoms with van der Waals surface area (Å²) < 4.78 is 0.968. The van der Waals surface area contributed by atoms with E-state index in [0.29, 0.717) is 12.5 Å². The number of hydrogen-bond acceptors (Lipinski definition) is 3. The largest absolute Gasteiger partial charge is 0.263 e. The second kappa shape index (κ2) is 5.07. The third kappa shape index (κ3) is 3.22. The van der Waals surface area contributed by atoms with Gasteiger partial charge in [0.1, 0.15) is 0 Å². The highest BCUT2D eigenvalue weighted by Crippen LogP contribution is 2.20. The first-order chi connectivity index (χ1) is 6.24. The van der Waals surface area contributed by atoms with Crippen LogP contribution in [0.15, 0.2) is 28.1 Å². The average molecular weight is 243 g/mol. The van der Waals surface area contributed by atoms with Crippen LogP contribution in [0.4, 0.5) is 0 Å². The predicted molar refractivity (Wildman–Crippen MR) is 55.6 cm³/mol. The van der Waals surface area contributed by atoms with Crippen LogP contribution in [0.2, 0.25) is 0 Å². The molecule has 4 heteroatoms. The molecular formula is C9H11BrN2O. The molecule has 1 aromatic heterocycles. The van der Waals surface area contributed by atoms with Crippen molar-refractivity contribution in [2.45, 2.75) is 19.3 Å². The fourth-order valence-corrected chi connectivity index (χ4v) is 1.49. The summed E-state index contributed by atoms with van der Waals surface area (Å²) in [6.45, 7) is 2.43. The summed E-state index contributed by atoms with van der Waals surface area (Å²) >= 11 is 3.35.